The van der Waals surface area contributed by atoms with Crippen LogP contribution in [0.15, 0.2) is 36.4 Å². The highest BCUT2D eigenvalue weighted by Gasteiger charge is 2.46. The van der Waals surface area contributed by atoms with Crippen molar-refractivity contribution in [1.82, 2.24) is 4.98 Å². The van der Waals surface area contributed by atoms with E-state index in [0.29, 0.717) is 11.8 Å². The van der Waals surface area contributed by atoms with Crippen molar-refractivity contribution in [2.75, 3.05) is 0 Å². The molecule has 2 aliphatic rings. The molecular formula is C22H25NO. The van der Waals surface area contributed by atoms with E-state index in [1.165, 1.54) is 40.2 Å². The fourth-order valence-electron chi connectivity index (χ4n) is 5.24. The lowest BCUT2D eigenvalue weighted by Gasteiger charge is -2.49. The third kappa shape index (κ3) is 1.89. The molecule has 124 valence electrons. The van der Waals surface area contributed by atoms with Gasteiger partial charge in [-0.25, -0.2) is 0 Å². The average molecular weight is 319 g/mol. The lowest BCUT2D eigenvalue weighted by atomic mass is 9.64. The Morgan fingerprint density at radius 3 is 2.79 bits per heavy atom. The van der Waals surface area contributed by atoms with E-state index in [1.54, 1.807) is 0 Å². The number of hydrogen-bond acceptors (Lipinski definition) is 1. The molecule has 3 aromatic rings. The largest absolute Gasteiger partial charge is 0.487 e. The summed E-state index contributed by atoms with van der Waals surface area (Å²) in [5.74, 6) is 3.17. The van der Waals surface area contributed by atoms with Gasteiger partial charge in [0.05, 0.1) is 5.52 Å². The van der Waals surface area contributed by atoms with Crippen LogP contribution in [0.1, 0.15) is 51.5 Å². The van der Waals surface area contributed by atoms with Crippen molar-refractivity contribution < 1.29 is 4.74 Å². The molecule has 1 aliphatic carbocycles. The van der Waals surface area contributed by atoms with Crippen LogP contribution in [0.4, 0.5) is 0 Å². The number of H-pyrrole nitrogens is 1. The first kappa shape index (κ1) is 14.4. The predicted octanol–water partition coefficient (Wildman–Crippen LogP) is 6.01. The summed E-state index contributed by atoms with van der Waals surface area (Å²) in [6.07, 6.45) is 3.60. The highest BCUT2D eigenvalue weighted by molar-refractivity contribution is 6.09. The first-order chi connectivity index (χ1) is 11.6. The van der Waals surface area contributed by atoms with E-state index in [2.05, 4.69) is 62.2 Å². The Kier molecular flexibility index (Phi) is 2.87. The number of rotatable bonds is 1. The molecule has 0 radical (unpaired) electrons. The third-order valence-electron chi connectivity index (χ3n) is 6.44. The van der Waals surface area contributed by atoms with Crippen molar-refractivity contribution in [2.45, 2.75) is 51.6 Å². The third-order valence-corrected chi connectivity index (χ3v) is 6.44. The second kappa shape index (κ2) is 4.78. The highest BCUT2D eigenvalue weighted by Crippen LogP contribution is 2.55. The number of aromatic amines is 1. The normalized spacial score (nSPS) is 29.0. The lowest BCUT2D eigenvalue weighted by molar-refractivity contribution is -0.00698. The summed E-state index contributed by atoms with van der Waals surface area (Å²) < 4.78 is 6.50. The number of benzene rings is 2. The van der Waals surface area contributed by atoms with E-state index in [0.717, 1.165) is 18.1 Å². The van der Waals surface area contributed by atoms with Gasteiger partial charge in [-0.2, -0.15) is 0 Å². The Bertz CT molecular complexity index is 938. The minimum absolute atomic E-state index is 0.0166. The van der Waals surface area contributed by atoms with E-state index >= 15 is 0 Å². The minimum Gasteiger partial charge on any atom is -0.487 e. The van der Waals surface area contributed by atoms with Gasteiger partial charge in [-0.1, -0.05) is 32.0 Å². The zero-order valence-corrected chi connectivity index (χ0v) is 14.7. The van der Waals surface area contributed by atoms with Crippen LogP contribution in [0.25, 0.3) is 21.8 Å². The molecular weight excluding hydrogens is 294 g/mol. The number of ether oxygens (including phenoxy) is 1. The monoisotopic (exact) mass is 319 g/mol. The molecule has 2 bridgehead atoms. The number of para-hydroxylation sites is 1. The molecule has 0 saturated heterocycles. The molecule has 1 aliphatic heterocycles. The Morgan fingerprint density at radius 1 is 1.12 bits per heavy atom. The molecule has 24 heavy (non-hydrogen) atoms. The van der Waals surface area contributed by atoms with Gasteiger partial charge in [0.1, 0.15) is 11.4 Å². The molecule has 2 aromatic carbocycles. The van der Waals surface area contributed by atoms with Gasteiger partial charge in [0.25, 0.3) is 0 Å². The molecule has 2 heterocycles. The van der Waals surface area contributed by atoms with Gasteiger partial charge in [-0.05, 0) is 62.1 Å². The summed E-state index contributed by atoms with van der Waals surface area (Å²) in [5, 5.41) is 2.66. The summed E-state index contributed by atoms with van der Waals surface area (Å²) in [5.41, 5.74) is 3.97. The SMILES string of the molecule is CC(C)C1CCC2(C)CC1c1c(ccc3c1[nH]c1ccccc13)O2. The van der Waals surface area contributed by atoms with Crippen LogP contribution in [0, 0.1) is 11.8 Å². The Hall–Kier alpha value is -1.96. The van der Waals surface area contributed by atoms with E-state index in [9.17, 15) is 0 Å². The number of aromatic nitrogens is 1. The Labute approximate surface area is 143 Å². The van der Waals surface area contributed by atoms with Crippen molar-refractivity contribution in [3.05, 3.63) is 42.0 Å². The molecule has 5 rings (SSSR count). The summed E-state index contributed by atoms with van der Waals surface area (Å²) in [6, 6.07) is 13.1. The van der Waals surface area contributed by atoms with Gasteiger partial charge >= 0.3 is 0 Å². The molecule has 3 unspecified atom stereocenters. The number of nitrogens with one attached hydrogen (secondary N) is 1. The molecule has 3 atom stereocenters. The zero-order valence-electron chi connectivity index (χ0n) is 14.7. The Morgan fingerprint density at radius 2 is 1.96 bits per heavy atom. The highest BCUT2D eigenvalue weighted by atomic mass is 16.5. The smallest absolute Gasteiger partial charge is 0.125 e. The average Bonchev–Trinajstić information content (AvgIpc) is 2.92. The molecule has 1 fully saturated rings. The standard InChI is InChI=1S/C22H25NO/c1-13(2)14-10-11-22(3)12-17(14)20-19(24-22)9-8-16-15-6-4-5-7-18(15)23-21(16)20/h4-9,13-14,17,23H,10-12H2,1-3H3. The van der Waals surface area contributed by atoms with Crippen LogP contribution in [0.5, 0.6) is 5.75 Å². The topological polar surface area (TPSA) is 25.0 Å². The summed E-state index contributed by atoms with van der Waals surface area (Å²) in [4.78, 5) is 3.70. The van der Waals surface area contributed by atoms with E-state index in [1.807, 2.05) is 0 Å². The van der Waals surface area contributed by atoms with Crippen molar-refractivity contribution in [3.8, 4) is 5.75 Å². The van der Waals surface area contributed by atoms with Gasteiger partial charge in [-0.15, -0.1) is 0 Å². The fourth-order valence-corrected chi connectivity index (χ4v) is 5.24. The van der Waals surface area contributed by atoms with Crippen molar-refractivity contribution in [2.24, 2.45) is 11.8 Å². The molecule has 2 heteroatoms. The Balaban J connectivity index is 1.81. The van der Waals surface area contributed by atoms with Crippen LogP contribution in [0.3, 0.4) is 0 Å². The van der Waals surface area contributed by atoms with Crippen LogP contribution < -0.4 is 4.74 Å². The molecule has 2 nitrogen and oxygen atoms in total. The van der Waals surface area contributed by atoms with Gasteiger partial charge in [0.15, 0.2) is 0 Å². The maximum Gasteiger partial charge on any atom is 0.125 e. The fraction of sp³-hybridized carbons (Fsp3) is 0.455. The number of hydrogen-bond donors (Lipinski definition) is 1. The molecule has 0 spiro atoms. The van der Waals surface area contributed by atoms with E-state index in [4.69, 9.17) is 4.74 Å². The van der Waals surface area contributed by atoms with Gasteiger partial charge < -0.3 is 9.72 Å². The van der Waals surface area contributed by atoms with Crippen molar-refractivity contribution >= 4 is 21.8 Å². The molecule has 1 saturated carbocycles. The molecule has 1 N–H and O–H groups in total. The van der Waals surface area contributed by atoms with Gasteiger partial charge in [-0.3, -0.25) is 0 Å². The second-order valence-electron chi connectivity index (χ2n) is 8.38. The lowest BCUT2D eigenvalue weighted by Crippen LogP contribution is -2.45. The first-order valence-electron chi connectivity index (χ1n) is 9.28. The van der Waals surface area contributed by atoms with Crippen LogP contribution in [-0.2, 0) is 0 Å². The van der Waals surface area contributed by atoms with Crippen molar-refractivity contribution in [3.63, 3.8) is 0 Å². The van der Waals surface area contributed by atoms with E-state index < -0.39 is 0 Å². The maximum atomic E-state index is 6.50. The maximum absolute atomic E-state index is 6.50. The second-order valence-corrected chi connectivity index (χ2v) is 8.38. The van der Waals surface area contributed by atoms with E-state index in [-0.39, 0.29) is 5.60 Å². The van der Waals surface area contributed by atoms with Crippen LogP contribution in [-0.4, -0.2) is 10.6 Å². The van der Waals surface area contributed by atoms with Crippen LogP contribution >= 0.6 is 0 Å². The molecule has 0 amide bonds. The molecule has 1 aromatic heterocycles. The van der Waals surface area contributed by atoms with Gasteiger partial charge in [0, 0.05) is 21.9 Å². The summed E-state index contributed by atoms with van der Waals surface area (Å²) >= 11 is 0. The minimum atomic E-state index is 0.0166. The predicted molar refractivity (Wildman–Crippen MR) is 99.8 cm³/mol. The van der Waals surface area contributed by atoms with Gasteiger partial charge in [0.2, 0.25) is 0 Å². The quantitative estimate of drug-likeness (QED) is 0.583. The zero-order chi connectivity index (χ0) is 16.5. The number of fused-ring (bicyclic) bond motifs is 8. The van der Waals surface area contributed by atoms with Crippen molar-refractivity contribution in [1.29, 1.82) is 0 Å². The summed E-state index contributed by atoms with van der Waals surface area (Å²) in [7, 11) is 0. The summed E-state index contributed by atoms with van der Waals surface area (Å²) in [6.45, 7) is 7.07. The van der Waals surface area contributed by atoms with Crippen LogP contribution in [0.2, 0.25) is 0 Å². The first-order valence-corrected chi connectivity index (χ1v) is 9.28.